The maximum absolute atomic E-state index is 5.50. The van der Waals surface area contributed by atoms with Crippen LogP contribution in [-0.4, -0.2) is 42.5 Å². The largest absolute Gasteiger partial charge is 0.493 e. The third-order valence-electron chi connectivity index (χ3n) is 5.24. The van der Waals surface area contributed by atoms with E-state index in [1.807, 2.05) is 36.5 Å². The molecule has 0 spiro atoms. The van der Waals surface area contributed by atoms with E-state index in [0.717, 1.165) is 45.8 Å². The number of H-pyrrole nitrogens is 1. The summed E-state index contributed by atoms with van der Waals surface area (Å²) in [4.78, 5) is 17.2. The standard InChI is InChI=1S/C23H20N4O3/c1-28-18-11-15(12-19(29-2)22(18)30-3)20-21-17(7-9-25-20)26-23(27-21)14-4-5-16-13(10-14)6-8-24-16/h4-5,7-12H,6H2,1-3H3,(H,26,27). The minimum atomic E-state index is 0.543. The molecule has 0 saturated heterocycles. The maximum Gasteiger partial charge on any atom is 0.203 e. The van der Waals surface area contributed by atoms with E-state index in [1.54, 1.807) is 27.5 Å². The highest BCUT2D eigenvalue weighted by molar-refractivity contribution is 5.92. The molecule has 0 atom stereocenters. The molecule has 4 aromatic rings. The van der Waals surface area contributed by atoms with Gasteiger partial charge in [-0.05, 0) is 42.0 Å². The Morgan fingerprint density at radius 2 is 1.70 bits per heavy atom. The summed E-state index contributed by atoms with van der Waals surface area (Å²) in [6, 6.07) is 11.9. The van der Waals surface area contributed by atoms with E-state index in [-0.39, 0.29) is 0 Å². The molecule has 5 rings (SSSR count). The maximum atomic E-state index is 5.50. The van der Waals surface area contributed by atoms with Gasteiger partial charge in [0.25, 0.3) is 0 Å². The van der Waals surface area contributed by atoms with E-state index in [2.05, 4.69) is 21.0 Å². The molecule has 0 fully saturated rings. The van der Waals surface area contributed by atoms with Crippen molar-refractivity contribution in [3.8, 4) is 39.9 Å². The molecule has 150 valence electrons. The number of aromatic nitrogens is 3. The number of imidazole rings is 1. The fraction of sp³-hybridized carbons (Fsp3) is 0.174. The zero-order valence-corrected chi connectivity index (χ0v) is 16.9. The van der Waals surface area contributed by atoms with E-state index in [1.165, 1.54) is 5.56 Å². The monoisotopic (exact) mass is 400 g/mol. The lowest BCUT2D eigenvalue weighted by atomic mass is 10.1. The van der Waals surface area contributed by atoms with Crippen molar-refractivity contribution in [1.82, 2.24) is 15.0 Å². The minimum Gasteiger partial charge on any atom is -0.493 e. The molecule has 1 aliphatic heterocycles. The molecule has 7 nitrogen and oxygen atoms in total. The topological polar surface area (TPSA) is 81.6 Å². The molecule has 2 aromatic carbocycles. The van der Waals surface area contributed by atoms with Gasteiger partial charge >= 0.3 is 0 Å². The summed E-state index contributed by atoms with van der Waals surface area (Å²) in [7, 11) is 4.78. The quantitative estimate of drug-likeness (QED) is 0.530. The van der Waals surface area contributed by atoms with E-state index in [0.29, 0.717) is 17.2 Å². The third-order valence-corrected chi connectivity index (χ3v) is 5.24. The second kappa shape index (κ2) is 7.18. The van der Waals surface area contributed by atoms with Crippen LogP contribution in [0.5, 0.6) is 17.2 Å². The van der Waals surface area contributed by atoms with Gasteiger partial charge in [0.2, 0.25) is 5.75 Å². The van der Waals surface area contributed by atoms with Crippen molar-refractivity contribution < 1.29 is 14.2 Å². The summed E-state index contributed by atoms with van der Waals surface area (Å²) >= 11 is 0. The first-order valence-electron chi connectivity index (χ1n) is 9.52. The second-order valence-electron chi connectivity index (χ2n) is 6.91. The predicted molar refractivity (Wildman–Crippen MR) is 116 cm³/mol. The van der Waals surface area contributed by atoms with Crippen LogP contribution in [0.1, 0.15) is 5.56 Å². The summed E-state index contributed by atoms with van der Waals surface area (Å²) in [5, 5.41) is 0. The third kappa shape index (κ3) is 2.86. The van der Waals surface area contributed by atoms with Crippen LogP contribution in [0.15, 0.2) is 47.6 Å². The SMILES string of the molecule is COc1cc(-c2nccc3nc(-c4ccc5c(c4)CC=N5)[nH]c23)cc(OC)c1OC. The van der Waals surface area contributed by atoms with Crippen molar-refractivity contribution in [2.75, 3.05) is 21.3 Å². The van der Waals surface area contributed by atoms with Gasteiger partial charge in [0.05, 0.1) is 43.7 Å². The first-order valence-corrected chi connectivity index (χ1v) is 9.52. The zero-order valence-electron chi connectivity index (χ0n) is 16.9. The van der Waals surface area contributed by atoms with Gasteiger partial charge in [0.1, 0.15) is 5.82 Å². The molecule has 0 radical (unpaired) electrons. The number of ether oxygens (including phenoxy) is 3. The van der Waals surface area contributed by atoms with Gasteiger partial charge in [-0.25, -0.2) is 4.98 Å². The fourth-order valence-corrected chi connectivity index (χ4v) is 3.77. The Balaban J connectivity index is 1.65. The van der Waals surface area contributed by atoms with Crippen LogP contribution in [0, 0.1) is 0 Å². The number of hydrogen-bond donors (Lipinski definition) is 1. The molecular weight excluding hydrogens is 380 g/mol. The molecule has 0 unspecified atom stereocenters. The van der Waals surface area contributed by atoms with Crippen molar-refractivity contribution in [3.63, 3.8) is 0 Å². The zero-order chi connectivity index (χ0) is 20.7. The van der Waals surface area contributed by atoms with Gasteiger partial charge in [0.15, 0.2) is 11.5 Å². The van der Waals surface area contributed by atoms with Crippen molar-refractivity contribution in [2.45, 2.75) is 6.42 Å². The highest BCUT2D eigenvalue weighted by Gasteiger charge is 2.18. The smallest absolute Gasteiger partial charge is 0.203 e. The van der Waals surface area contributed by atoms with Crippen LogP contribution in [0.2, 0.25) is 0 Å². The number of rotatable bonds is 5. The average molecular weight is 400 g/mol. The summed E-state index contributed by atoms with van der Waals surface area (Å²) in [6.45, 7) is 0. The Kier molecular flexibility index (Phi) is 4.35. The van der Waals surface area contributed by atoms with Crippen LogP contribution in [-0.2, 0) is 6.42 Å². The van der Waals surface area contributed by atoms with Crippen molar-refractivity contribution in [3.05, 3.63) is 48.2 Å². The van der Waals surface area contributed by atoms with Crippen molar-refractivity contribution in [2.24, 2.45) is 4.99 Å². The van der Waals surface area contributed by atoms with Gasteiger partial charge in [0, 0.05) is 30.0 Å². The molecule has 2 aromatic heterocycles. The number of nitrogens with one attached hydrogen (secondary N) is 1. The normalized spacial score (nSPS) is 12.2. The number of aromatic amines is 1. The molecule has 1 N–H and O–H groups in total. The molecule has 1 aliphatic rings. The molecule has 0 saturated carbocycles. The van der Waals surface area contributed by atoms with Gasteiger partial charge in [-0.15, -0.1) is 0 Å². The molecule has 0 bridgehead atoms. The van der Waals surface area contributed by atoms with Crippen molar-refractivity contribution >= 4 is 22.9 Å². The lowest BCUT2D eigenvalue weighted by Gasteiger charge is -2.14. The molecule has 0 aliphatic carbocycles. The Morgan fingerprint density at radius 1 is 0.900 bits per heavy atom. The first-order chi connectivity index (χ1) is 14.7. The number of benzene rings is 2. The van der Waals surface area contributed by atoms with Crippen LogP contribution >= 0.6 is 0 Å². The van der Waals surface area contributed by atoms with E-state index >= 15 is 0 Å². The predicted octanol–water partition coefficient (Wildman–Crippen LogP) is 4.58. The molecular formula is C23H20N4O3. The lowest BCUT2D eigenvalue weighted by Crippen LogP contribution is -1.96. The van der Waals surface area contributed by atoms with Gasteiger partial charge in [-0.1, -0.05) is 0 Å². The number of nitrogens with zero attached hydrogens (tertiary/aromatic N) is 3. The van der Waals surface area contributed by atoms with E-state index < -0.39 is 0 Å². The Bertz CT molecular complexity index is 1270. The van der Waals surface area contributed by atoms with Crippen LogP contribution < -0.4 is 14.2 Å². The van der Waals surface area contributed by atoms with Crippen LogP contribution in [0.3, 0.4) is 0 Å². The molecule has 3 heterocycles. The highest BCUT2D eigenvalue weighted by atomic mass is 16.5. The second-order valence-corrected chi connectivity index (χ2v) is 6.91. The molecule has 30 heavy (non-hydrogen) atoms. The molecule has 7 heteroatoms. The van der Waals surface area contributed by atoms with Gasteiger partial charge in [-0.2, -0.15) is 0 Å². The summed E-state index contributed by atoms with van der Waals surface area (Å²) in [5.41, 5.74) is 6.53. The summed E-state index contributed by atoms with van der Waals surface area (Å²) < 4.78 is 16.4. The first kappa shape index (κ1) is 18.2. The van der Waals surface area contributed by atoms with E-state index in [9.17, 15) is 0 Å². The Labute approximate surface area is 173 Å². The summed E-state index contributed by atoms with van der Waals surface area (Å²) in [5.74, 6) is 2.48. The fourth-order valence-electron chi connectivity index (χ4n) is 3.77. The van der Waals surface area contributed by atoms with Gasteiger partial charge < -0.3 is 19.2 Å². The van der Waals surface area contributed by atoms with E-state index in [4.69, 9.17) is 19.2 Å². The van der Waals surface area contributed by atoms with Gasteiger partial charge in [-0.3, -0.25) is 9.98 Å². The minimum absolute atomic E-state index is 0.543. The Morgan fingerprint density at radius 3 is 2.43 bits per heavy atom. The van der Waals surface area contributed by atoms with Crippen molar-refractivity contribution in [1.29, 1.82) is 0 Å². The number of methoxy groups -OCH3 is 3. The summed E-state index contributed by atoms with van der Waals surface area (Å²) in [6.07, 6.45) is 4.53. The Hall–Kier alpha value is -3.87. The van der Waals surface area contributed by atoms with Crippen LogP contribution in [0.25, 0.3) is 33.7 Å². The highest BCUT2D eigenvalue weighted by Crippen LogP contribution is 2.42. The lowest BCUT2D eigenvalue weighted by molar-refractivity contribution is 0.324. The number of fused-ring (bicyclic) bond motifs is 2. The average Bonchev–Trinajstić information content (AvgIpc) is 3.43. The number of hydrogen-bond acceptors (Lipinski definition) is 6. The number of pyridine rings is 1. The molecule has 0 amide bonds. The number of aliphatic imine (C=N–C) groups is 1. The van der Waals surface area contributed by atoms with Crippen LogP contribution in [0.4, 0.5) is 5.69 Å².